The summed E-state index contributed by atoms with van der Waals surface area (Å²) in [4.78, 5) is 10.6. The van der Waals surface area contributed by atoms with E-state index in [0.717, 1.165) is 24.9 Å². The fourth-order valence-corrected chi connectivity index (χ4v) is 2.10. The van der Waals surface area contributed by atoms with E-state index in [0.29, 0.717) is 6.54 Å². The Morgan fingerprint density at radius 1 is 1.40 bits per heavy atom. The van der Waals surface area contributed by atoms with Crippen LogP contribution < -0.4 is 10.6 Å². The maximum absolute atomic E-state index is 4.22. The van der Waals surface area contributed by atoms with Gasteiger partial charge < -0.3 is 15.5 Å². The molecule has 0 aliphatic rings. The van der Waals surface area contributed by atoms with E-state index in [2.05, 4.69) is 58.6 Å². The van der Waals surface area contributed by atoms with E-state index in [-0.39, 0.29) is 5.41 Å². The molecular weight excluding hydrogens is 254 g/mol. The molecule has 0 aliphatic heterocycles. The Hall–Kier alpha value is -1.63. The van der Waals surface area contributed by atoms with E-state index >= 15 is 0 Å². The van der Waals surface area contributed by atoms with Crippen LogP contribution >= 0.6 is 0 Å². The second-order valence-electron chi connectivity index (χ2n) is 5.98. The SMILES string of the molecule is CN=C(NCc1ncnn1C)NCC(C)(C)CN(C)C. The van der Waals surface area contributed by atoms with Crippen LogP contribution in [0.5, 0.6) is 0 Å². The lowest BCUT2D eigenvalue weighted by atomic mass is 9.93. The highest BCUT2D eigenvalue weighted by Crippen LogP contribution is 2.13. The molecule has 1 aromatic heterocycles. The fraction of sp³-hybridized carbons (Fsp3) is 0.769. The molecule has 0 saturated carbocycles. The van der Waals surface area contributed by atoms with Crippen molar-refractivity contribution in [3.63, 3.8) is 0 Å². The van der Waals surface area contributed by atoms with Crippen molar-refractivity contribution >= 4 is 5.96 Å². The van der Waals surface area contributed by atoms with E-state index in [1.165, 1.54) is 0 Å². The summed E-state index contributed by atoms with van der Waals surface area (Å²) in [5.41, 5.74) is 0.173. The van der Waals surface area contributed by atoms with Gasteiger partial charge in [0.05, 0.1) is 6.54 Å². The van der Waals surface area contributed by atoms with E-state index in [1.807, 2.05) is 7.05 Å². The molecule has 0 aromatic carbocycles. The second kappa shape index (κ2) is 7.23. The van der Waals surface area contributed by atoms with Crippen LogP contribution in [0, 0.1) is 5.41 Å². The highest BCUT2D eigenvalue weighted by molar-refractivity contribution is 5.79. The number of nitrogens with one attached hydrogen (secondary N) is 2. The molecule has 2 N–H and O–H groups in total. The standard InChI is InChI=1S/C13H27N7/c1-13(2,9-19(4)5)8-16-12(14-3)15-7-11-17-10-18-20(11)6/h10H,7-9H2,1-6H3,(H2,14,15,16). The highest BCUT2D eigenvalue weighted by atomic mass is 15.3. The molecule has 0 aliphatic carbocycles. The summed E-state index contributed by atoms with van der Waals surface area (Å²) in [6, 6.07) is 0. The normalized spacial score (nSPS) is 12.8. The molecule has 7 heteroatoms. The summed E-state index contributed by atoms with van der Waals surface area (Å²) in [6.07, 6.45) is 1.55. The lowest BCUT2D eigenvalue weighted by molar-refractivity contribution is 0.241. The van der Waals surface area contributed by atoms with Gasteiger partial charge in [0.15, 0.2) is 5.96 Å². The highest BCUT2D eigenvalue weighted by Gasteiger charge is 2.19. The van der Waals surface area contributed by atoms with Crippen molar-refractivity contribution in [2.24, 2.45) is 17.5 Å². The Morgan fingerprint density at radius 3 is 2.60 bits per heavy atom. The largest absolute Gasteiger partial charge is 0.356 e. The van der Waals surface area contributed by atoms with Gasteiger partial charge in [0.25, 0.3) is 0 Å². The first kappa shape index (κ1) is 16.4. The lowest BCUT2D eigenvalue weighted by Gasteiger charge is -2.29. The molecular formula is C13H27N7. The first-order chi connectivity index (χ1) is 9.34. The van der Waals surface area contributed by atoms with Gasteiger partial charge in [0.2, 0.25) is 0 Å². The number of nitrogens with zero attached hydrogens (tertiary/aromatic N) is 5. The molecule has 20 heavy (non-hydrogen) atoms. The van der Waals surface area contributed by atoms with Crippen molar-refractivity contribution < 1.29 is 0 Å². The van der Waals surface area contributed by atoms with Gasteiger partial charge in [-0.05, 0) is 19.5 Å². The molecule has 1 heterocycles. The summed E-state index contributed by atoms with van der Waals surface area (Å²) in [5.74, 6) is 1.65. The van der Waals surface area contributed by atoms with Crippen LogP contribution in [-0.2, 0) is 13.6 Å². The zero-order chi connectivity index (χ0) is 15.2. The molecule has 0 spiro atoms. The number of aryl methyl sites for hydroxylation is 1. The minimum absolute atomic E-state index is 0.173. The van der Waals surface area contributed by atoms with Crippen molar-refractivity contribution in [1.82, 2.24) is 30.3 Å². The van der Waals surface area contributed by atoms with Crippen LogP contribution in [0.4, 0.5) is 0 Å². The van der Waals surface area contributed by atoms with Crippen molar-refractivity contribution in [3.05, 3.63) is 12.2 Å². The van der Waals surface area contributed by atoms with Gasteiger partial charge in [-0.15, -0.1) is 0 Å². The first-order valence-corrected chi connectivity index (χ1v) is 6.76. The number of hydrogen-bond acceptors (Lipinski definition) is 4. The molecule has 7 nitrogen and oxygen atoms in total. The minimum Gasteiger partial charge on any atom is -0.356 e. The lowest BCUT2D eigenvalue weighted by Crippen LogP contribution is -2.44. The first-order valence-electron chi connectivity index (χ1n) is 6.76. The van der Waals surface area contributed by atoms with Crippen LogP contribution in [0.25, 0.3) is 0 Å². The van der Waals surface area contributed by atoms with Gasteiger partial charge in [-0.2, -0.15) is 5.10 Å². The van der Waals surface area contributed by atoms with Gasteiger partial charge in [-0.25, -0.2) is 4.98 Å². The van der Waals surface area contributed by atoms with Crippen LogP contribution in [0.1, 0.15) is 19.7 Å². The van der Waals surface area contributed by atoms with Crippen LogP contribution in [0.15, 0.2) is 11.3 Å². The van der Waals surface area contributed by atoms with E-state index in [1.54, 1.807) is 18.1 Å². The Bertz CT molecular complexity index is 434. The minimum atomic E-state index is 0.173. The molecule has 0 unspecified atom stereocenters. The predicted molar refractivity (Wildman–Crippen MR) is 81.5 cm³/mol. The van der Waals surface area contributed by atoms with E-state index in [9.17, 15) is 0 Å². The van der Waals surface area contributed by atoms with Crippen molar-refractivity contribution in [2.45, 2.75) is 20.4 Å². The quantitative estimate of drug-likeness (QED) is 0.570. The smallest absolute Gasteiger partial charge is 0.191 e. The van der Waals surface area contributed by atoms with Gasteiger partial charge in [0.1, 0.15) is 12.2 Å². The Balaban J connectivity index is 2.42. The Morgan fingerprint density at radius 2 is 2.10 bits per heavy atom. The molecule has 114 valence electrons. The predicted octanol–water partition coefficient (Wildman–Crippen LogP) is 0.0679. The zero-order valence-corrected chi connectivity index (χ0v) is 13.4. The van der Waals surface area contributed by atoms with Gasteiger partial charge in [-0.1, -0.05) is 13.8 Å². The molecule has 1 aromatic rings. The van der Waals surface area contributed by atoms with Crippen LogP contribution in [0.3, 0.4) is 0 Å². The maximum atomic E-state index is 4.22. The summed E-state index contributed by atoms with van der Waals surface area (Å²) in [6.45, 7) is 6.93. The third-order valence-electron chi connectivity index (χ3n) is 2.92. The Kier molecular flexibility index (Phi) is 5.94. The van der Waals surface area contributed by atoms with Gasteiger partial charge in [0, 0.05) is 27.2 Å². The third kappa shape index (κ3) is 5.56. The number of aromatic nitrogens is 3. The van der Waals surface area contributed by atoms with Crippen molar-refractivity contribution in [1.29, 1.82) is 0 Å². The third-order valence-corrected chi connectivity index (χ3v) is 2.92. The molecule has 0 saturated heterocycles. The molecule has 1 rings (SSSR count). The summed E-state index contributed by atoms with van der Waals surface area (Å²) >= 11 is 0. The summed E-state index contributed by atoms with van der Waals surface area (Å²) in [5, 5.41) is 10.6. The maximum Gasteiger partial charge on any atom is 0.191 e. The van der Waals surface area contributed by atoms with Gasteiger partial charge >= 0.3 is 0 Å². The second-order valence-corrected chi connectivity index (χ2v) is 5.98. The molecule has 0 bridgehead atoms. The monoisotopic (exact) mass is 281 g/mol. The number of aliphatic imine (C=N–C) groups is 1. The fourth-order valence-electron chi connectivity index (χ4n) is 2.10. The van der Waals surface area contributed by atoms with Crippen LogP contribution in [0.2, 0.25) is 0 Å². The number of hydrogen-bond donors (Lipinski definition) is 2. The van der Waals surface area contributed by atoms with E-state index < -0.39 is 0 Å². The zero-order valence-electron chi connectivity index (χ0n) is 13.4. The molecule has 0 radical (unpaired) electrons. The van der Waals surface area contributed by atoms with E-state index in [4.69, 9.17) is 0 Å². The van der Waals surface area contributed by atoms with Gasteiger partial charge in [-0.3, -0.25) is 9.67 Å². The Labute approximate surface area is 121 Å². The summed E-state index contributed by atoms with van der Waals surface area (Å²) in [7, 11) is 7.82. The number of rotatable bonds is 6. The average Bonchev–Trinajstić information content (AvgIpc) is 2.73. The van der Waals surface area contributed by atoms with Crippen LogP contribution in [-0.4, -0.2) is 59.9 Å². The topological polar surface area (TPSA) is 70.4 Å². The average molecular weight is 281 g/mol. The number of guanidine groups is 1. The molecule has 0 amide bonds. The van der Waals surface area contributed by atoms with Crippen molar-refractivity contribution in [3.8, 4) is 0 Å². The summed E-state index contributed by atoms with van der Waals surface area (Å²) < 4.78 is 1.75. The molecule has 0 atom stereocenters. The van der Waals surface area contributed by atoms with Crippen molar-refractivity contribution in [2.75, 3.05) is 34.2 Å². The molecule has 0 fully saturated rings.